The number of halogens is 2. The third-order valence-electron chi connectivity index (χ3n) is 3.53. The first-order chi connectivity index (χ1) is 10.5. The van der Waals surface area contributed by atoms with Crippen molar-refractivity contribution >= 4 is 32.7 Å². The summed E-state index contributed by atoms with van der Waals surface area (Å²) in [4.78, 5) is 17.2. The number of para-hydroxylation sites is 1. The lowest BCUT2D eigenvalue weighted by Crippen LogP contribution is -2.26. The molecule has 0 aliphatic carbocycles. The zero-order valence-corrected chi connectivity index (χ0v) is 13.5. The fraction of sp³-hybridized carbons (Fsp3) is 0.118. The quantitative estimate of drug-likeness (QED) is 0.740. The van der Waals surface area contributed by atoms with Crippen LogP contribution in [0.2, 0.25) is 0 Å². The lowest BCUT2D eigenvalue weighted by atomic mass is 10.2. The molecule has 0 fully saturated rings. The first-order valence-corrected chi connectivity index (χ1v) is 7.61. The SMILES string of the molecule is CN(Cc1ccc(F)cc1Br)C(=O)c1cc2ccccc2[nH]1. The first-order valence-electron chi connectivity index (χ1n) is 6.82. The fourth-order valence-corrected chi connectivity index (χ4v) is 2.85. The van der Waals surface area contributed by atoms with Crippen molar-refractivity contribution in [3.05, 3.63) is 70.1 Å². The van der Waals surface area contributed by atoms with Crippen LogP contribution in [-0.2, 0) is 6.54 Å². The number of hydrogen-bond donors (Lipinski definition) is 1. The van der Waals surface area contributed by atoms with E-state index in [9.17, 15) is 9.18 Å². The van der Waals surface area contributed by atoms with Gasteiger partial charge in [-0.05, 0) is 29.8 Å². The number of aromatic nitrogens is 1. The third kappa shape index (κ3) is 2.90. The van der Waals surface area contributed by atoms with E-state index in [0.29, 0.717) is 16.7 Å². The summed E-state index contributed by atoms with van der Waals surface area (Å²) in [5.41, 5.74) is 2.33. The Morgan fingerprint density at radius 3 is 2.73 bits per heavy atom. The fourth-order valence-electron chi connectivity index (χ4n) is 2.37. The molecule has 0 saturated carbocycles. The van der Waals surface area contributed by atoms with Crippen molar-refractivity contribution in [3.8, 4) is 0 Å². The molecule has 0 unspecified atom stereocenters. The second-order valence-electron chi connectivity index (χ2n) is 5.17. The van der Waals surface area contributed by atoms with Crippen LogP contribution in [0.4, 0.5) is 4.39 Å². The highest BCUT2D eigenvalue weighted by Crippen LogP contribution is 2.21. The van der Waals surface area contributed by atoms with E-state index in [2.05, 4.69) is 20.9 Å². The van der Waals surface area contributed by atoms with Crippen LogP contribution in [0.15, 0.2) is 53.0 Å². The van der Waals surface area contributed by atoms with Gasteiger partial charge in [-0.2, -0.15) is 0 Å². The number of amides is 1. The molecular weight excluding hydrogens is 347 g/mol. The van der Waals surface area contributed by atoms with Crippen LogP contribution in [0.3, 0.4) is 0 Å². The molecule has 1 aromatic heterocycles. The molecule has 1 N–H and O–H groups in total. The highest BCUT2D eigenvalue weighted by atomic mass is 79.9. The molecule has 1 heterocycles. The molecule has 1 amide bonds. The highest BCUT2D eigenvalue weighted by molar-refractivity contribution is 9.10. The average Bonchev–Trinajstić information content (AvgIpc) is 2.93. The summed E-state index contributed by atoms with van der Waals surface area (Å²) in [6.45, 7) is 0.398. The van der Waals surface area contributed by atoms with Gasteiger partial charge in [-0.1, -0.05) is 40.2 Å². The van der Waals surface area contributed by atoms with Crippen molar-refractivity contribution in [3.63, 3.8) is 0 Å². The van der Waals surface area contributed by atoms with E-state index in [-0.39, 0.29) is 11.7 Å². The summed E-state index contributed by atoms with van der Waals surface area (Å²) in [7, 11) is 1.73. The minimum atomic E-state index is -0.305. The normalized spacial score (nSPS) is 10.9. The third-order valence-corrected chi connectivity index (χ3v) is 4.27. The van der Waals surface area contributed by atoms with Crippen LogP contribution >= 0.6 is 15.9 Å². The maximum Gasteiger partial charge on any atom is 0.270 e. The molecule has 0 aliphatic heterocycles. The Hall–Kier alpha value is -2.14. The van der Waals surface area contributed by atoms with E-state index < -0.39 is 0 Å². The molecule has 3 aromatic rings. The number of benzene rings is 2. The largest absolute Gasteiger partial charge is 0.351 e. The molecular formula is C17H14BrFN2O. The van der Waals surface area contributed by atoms with Crippen molar-refractivity contribution in [1.82, 2.24) is 9.88 Å². The second kappa shape index (κ2) is 5.93. The van der Waals surface area contributed by atoms with Gasteiger partial charge in [-0.3, -0.25) is 4.79 Å². The number of carbonyl (C=O) groups excluding carboxylic acids is 1. The molecule has 0 radical (unpaired) electrons. The van der Waals surface area contributed by atoms with Crippen LogP contribution in [0, 0.1) is 5.82 Å². The van der Waals surface area contributed by atoms with Crippen molar-refractivity contribution in [1.29, 1.82) is 0 Å². The number of H-pyrrole nitrogens is 1. The second-order valence-corrected chi connectivity index (χ2v) is 6.02. The van der Waals surface area contributed by atoms with Gasteiger partial charge < -0.3 is 9.88 Å². The van der Waals surface area contributed by atoms with E-state index in [1.54, 1.807) is 18.0 Å². The van der Waals surface area contributed by atoms with Crippen LogP contribution in [-0.4, -0.2) is 22.8 Å². The molecule has 3 rings (SSSR count). The molecule has 0 saturated heterocycles. The number of aromatic amines is 1. The van der Waals surface area contributed by atoms with Gasteiger partial charge in [0.2, 0.25) is 0 Å². The number of fused-ring (bicyclic) bond motifs is 1. The molecule has 2 aromatic carbocycles. The first kappa shape index (κ1) is 14.8. The predicted octanol–water partition coefficient (Wildman–Crippen LogP) is 4.34. The van der Waals surface area contributed by atoms with Gasteiger partial charge in [0.05, 0.1) is 0 Å². The standard InChI is InChI=1S/C17H14BrFN2O/c1-21(10-12-6-7-13(19)9-14(12)18)17(22)16-8-11-4-2-3-5-15(11)20-16/h2-9,20H,10H2,1H3. The van der Waals surface area contributed by atoms with Gasteiger partial charge in [0.25, 0.3) is 5.91 Å². The Bertz CT molecular complexity index is 811. The van der Waals surface area contributed by atoms with Gasteiger partial charge in [-0.25, -0.2) is 4.39 Å². The van der Waals surface area contributed by atoms with Crippen LogP contribution in [0.1, 0.15) is 16.1 Å². The minimum Gasteiger partial charge on any atom is -0.351 e. The van der Waals surface area contributed by atoms with Crippen molar-refractivity contribution < 1.29 is 9.18 Å². The zero-order chi connectivity index (χ0) is 15.7. The van der Waals surface area contributed by atoms with Gasteiger partial charge >= 0.3 is 0 Å². The summed E-state index contributed by atoms with van der Waals surface area (Å²) in [6, 6.07) is 14.1. The summed E-state index contributed by atoms with van der Waals surface area (Å²) < 4.78 is 13.8. The summed E-state index contributed by atoms with van der Waals surface area (Å²) in [6.07, 6.45) is 0. The Morgan fingerprint density at radius 2 is 2.00 bits per heavy atom. The maximum atomic E-state index is 13.1. The minimum absolute atomic E-state index is 0.104. The summed E-state index contributed by atoms with van der Waals surface area (Å²) >= 11 is 3.32. The van der Waals surface area contributed by atoms with Crippen molar-refractivity contribution in [2.45, 2.75) is 6.54 Å². The number of carbonyl (C=O) groups is 1. The Kier molecular flexibility index (Phi) is 3.98. The molecule has 112 valence electrons. The van der Waals surface area contributed by atoms with E-state index in [1.807, 2.05) is 30.3 Å². The zero-order valence-electron chi connectivity index (χ0n) is 11.9. The van der Waals surface area contributed by atoms with Crippen molar-refractivity contribution in [2.24, 2.45) is 0 Å². The predicted molar refractivity (Wildman–Crippen MR) is 88.2 cm³/mol. The topological polar surface area (TPSA) is 36.1 Å². The number of nitrogens with zero attached hydrogens (tertiary/aromatic N) is 1. The number of rotatable bonds is 3. The van der Waals surface area contributed by atoms with E-state index >= 15 is 0 Å². The lowest BCUT2D eigenvalue weighted by Gasteiger charge is -2.17. The van der Waals surface area contributed by atoms with E-state index in [1.165, 1.54) is 12.1 Å². The van der Waals surface area contributed by atoms with Gasteiger partial charge in [0.1, 0.15) is 11.5 Å². The summed E-state index contributed by atoms with van der Waals surface area (Å²) in [5, 5.41) is 1.00. The van der Waals surface area contributed by atoms with Crippen LogP contribution in [0.25, 0.3) is 10.9 Å². The maximum absolute atomic E-state index is 13.1. The Balaban J connectivity index is 1.81. The molecule has 5 heteroatoms. The molecule has 0 spiro atoms. The molecule has 0 aliphatic rings. The van der Waals surface area contributed by atoms with Crippen molar-refractivity contribution in [2.75, 3.05) is 7.05 Å². The molecule has 0 bridgehead atoms. The Morgan fingerprint density at radius 1 is 1.23 bits per heavy atom. The van der Waals surface area contributed by atoms with Gasteiger partial charge in [0, 0.05) is 29.0 Å². The molecule has 22 heavy (non-hydrogen) atoms. The Labute approximate surface area is 135 Å². The van der Waals surface area contributed by atoms with E-state index in [0.717, 1.165) is 16.5 Å². The van der Waals surface area contributed by atoms with Gasteiger partial charge in [-0.15, -0.1) is 0 Å². The average molecular weight is 361 g/mol. The van der Waals surface area contributed by atoms with Gasteiger partial charge in [0.15, 0.2) is 0 Å². The van der Waals surface area contributed by atoms with E-state index in [4.69, 9.17) is 0 Å². The summed E-state index contributed by atoms with van der Waals surface area (Å²) in [5.74, 6) is -0.410. The molecule has 0 atom stereocenters. The lowest BCUT2D eigenvalue weighted by molar-refractivity contribution is 0.0780. The number of hydrogen-bond acceptors (Lipinski definition) is 1. The van der Waals surface area contributed by atoms with Crippen LogP contribution in [0.5, 0.6) is 0 Å². The smallest absolute Gasteiger partial charge is 0.270 e. The highest BCUT2D eigenvalue weighted by Gasteiger charge is 2.15. The molecule has 3 nitrogen and oxygen atoms in total. The van der Waals surface area contributed by atoms with Crippen LogP contribution < -0.4 is 0 Å². The number of nitrogens with one attached hydrogen (secondary N) is 1. The monoisotopic (exact) mass is 360 g/mol.